The number of ether oxygens (including phenoxy) is 3. The molecule has 3 atom stereocenters. The van der Waals surface area contributed by atoms with Crippen molar-refractivity contribution in [3.63, 3.8) is 0 Å². The standard InChI is InChI=1S/C7H10O5/c8-7(9)12-5-3-11-6-4(5)1-2-10-6/h4-6H,1-3H2,(H,8,9). The maximum Gasteiger partial charge on any atom is 0.506 e. The first-order valence-corrected chi connectivity index (χ1v) is 3.90. The highest BCUT2D eigenvalue weighted by Gasteiger charge is 2.43. The van der Waals surface area contributed by atoms with E-state index in [4.69, 9.17) is 14.6 Å². The van der Waals surface area contributed by atoms with Crippen molar-refractivity contribution in [2.45, 2.75) is 18.8 Å². The van der Waals surface area contributed by atoms with Crippen LogP contribution in [0.3, 0.4) is 0 Å². The zero-order valence-electron chi connectivity index (χ0n) is 6.43. The second-order valence-electron chi connectivity index (χ2n) is 2.95. The maximum absolute atomic E-state index is 10.2. The van der Waals surface area contributed by atoms with Gasteiger partial charge in [0.25, 0.3) is 0 Å². The van der Waals surface area contributed by atoms with Crippen molar-refractivity contribution in [3.05, 3.63) is 0 Å². The van der Waals surface area contributed by atoms with Gasteiger partial charge >= 0.3 is 6.16 Å². The Hall–Kier alpha value is -0.810. The summed E-state index contributed by atoms with van der Waals surface area (Å²) in [6.07, 6.45) is -0.997. The van der Waals surface area contributed by atoms with Gasteiger partial charge < -0.3 is 19.3 Å². The molecular formula is C7H10O5. The lowest BCUT2D eigenvalue weighted by Crippen LogP contribution is -2.25. The maximum atomic E-state index is 10.2. The Kier molecular flexibility index (Phi) is 1.90. The van der Waals surface area contributed by atoms with Crippen LogP contribution >= 0.6 is 0 Å². The average Bonchev–Trinajstić information content (AvgIpc) is 2.52. The summed E-state index contributed by atoms with van der Waals surface area (Å²) in [5, 5.41) is 8.38. The van der Waals surface area contributed by atoms with E-state index in [2.05, 4.69) is 4.74 Å². The zero-order valence-corrected chi connectivity index (χ0v) is 6.43. The van der Waals surface area contributed by atoms with E-state index < -0.39 is 6.16 Å². The highest BCUT2D eigenvalue weighted by atomic mass is 16.7. The smallest absolute Gasteiger partial charge is 0.450 e. The van der Waals surface area contributed by atoms with Crippen LogP contribution in [0.4, 0.5) is 4.79 Å². The predicted octanol–water partition coefficient (Wildman–Crippen LogP) is 0.442. The fraction of sp³-hybridized carbons (Fsp3) is 0.857. The van der Waals surface area contributed by atoms with E-state index in [1.165, 1.54) is 0 Å². The minimum absolute atomic E-state index is 0.0982. The molecule has 68 valence electrons. The predicted molar refractivity (Wildman–Crippen MR) is 36.7 cm³/mol. The molecule has 0 spiro atoms. The van der Waals surface area contributed by atoms with Crippen molar-refractivity contribution in [2.75, 3.05) is 13.2 Å². The largest absolute Gasteiger partial charge is 0.506 e. The Balaban J connectivity index is 1.95. The molecule has 2 rings (SSSR count). The van der Waals surface area contributed by atoms with Crippen LogP contribution in [0.1, 0.15) is 6.42 Å². The summed E-state index contributed by atoms with van der Waals surface area (Å²) in [6, 6.07) is 0. The summed E-state index contributed by atoms with van der Waals surface area (Å²) in [6.45, 7) is 0.955. The second kappa shape index (κ2) is 2.91. The van der Waals surface area contributed by atoms with Crippen LogP contribution in [0.2, 0.25) is 0 Å². The molecule has 0 amide bonds. The van der Waals surface area contributed by atoms with Gasteiger partial charge in [-0.3, -0.25) is 0 Å². The minimum atomic E-state index is -1.24. The van der Waals surface area contributed by atoms with Crippen LogP contribution in [0.5, 0.6) is 0 Å². The highest BCUT2D eigenvalue weighted by molar-refractivity contribution is 5.57. The molecular weight excluding hydrogens is 164 g/mol. The lowest BCUT2D eigenvalue weighted by Gasteiger charge is -2.12. The Morgan fingerprint density at radius 2 is 2.33 bits per heavy atom. The molecule has 5 heteroatoms. The van der Waals surface area contributed by atoms with Crippen molar-refractivity contribution in [1.82, 2.24) is 0 Å². The molecule has 12 heavy (non-hydrogen) atoms. The fourth-order valence-corrected chi connectivity index (χ4v) is 1.68. The molecule has 0 bridgehead atoms. The Morgan fingerprint density at radius 3 is 3.08 bits per heavy atom. The van der Waals surface area contributed by atoms with E-state index in [1.54, 1.807) is 0 Å². The van der Waals surface area contributed by atoms with Gasteiger partial charge in [-0.2, -0.15) is 0 Å². The van der Waals surface area contributed by atoms with E-state index >= 15 is 0 Å². The topological polar surface area (TPSA) is 65.0 Å². The molecule has 0 aromatic heterocycles. The summed E-state index contributed by atoms with van der Waals surface area (Å²) in [7, 11) is 0. The van der Waals surface area contributed by atoms with Gasteiger partial charge in [-0.1, -0.05) is 0 Å². The first-order chi connectivity index (χ1) is 5.77. The van der Waals surface area contributed by atoms with Crippen molar-refractivity contribution in [2.24, 2.45) is 5.92 Å². The van der Waals surface area contributed by atoms with Crippen LogP contribution in [0.15, 0.2) is 0 Å². The van der Waals surface area contributed by atoms with Gasteiger partial charge in [-0.25, -0.2) is 4.79 Å². The lowest BCUT2D eigenvalue weighted by molar-refractivity contribution is -0.0908. The van der Waals surface area contributed by atoms with Crippen LogP contribution in [-0.2, 0) is 14.2 Å². The van der Waals surface area contributed by atoms with Gasteiger partial charge in [0, 0.05) is 0 Å². The average molecular weight is 174 g/mol. The number of hydrogen-bond acceptors (Lipinski definition) is 4. The third kappa shape index (κ3) is 1.25. The SMILES string of the molecule is O=C(O)OC1COC2OCCC12. The van der Waals surface area contributed by atoms with Gasteiger partial charge in [-0.05, 0) is 6.42 Å². The molecule has 2 aliphatic rings. The van der Waals surface area contributed by atoms with Gasteiger partial charge in [0.2, 0.25) is 0 Å². The van der Waals surface area contributed by atoms with E-state index in [1.807, 2.05) is 0 Å². The monoisotopic (exact) mass is 174 g/mol. The first kappa shape index (κ1) is 7.82. The molecule has 2 aliphatic heterocycles. The van der Waals surface area contributed by atoms with E-state index in [-0.39, 0.29) is 18.3 Å². The quantitative estimate of drug-likeness (QED) is 0.584. The van der Waals surface area contributed by atoms with Crippen LogP contribution < -0.4 is 0 Å². The number of rotatable bonds is 1. The van der Waals surface area contributed by atoms with E-state index in [0.29, 0.717) is 13.2 Å². The Bertz CT molecular complexity index is 192. The van der Waals surface area contributed by atoms with Crippen molar-refractivity contribution in [1.29, 1.82) is 0 Å². The highest BCUT2D eigenvalue weighted by Crippen LogP contribution is 2.32. The number of fused-ring (bicyclic) bond motifs is 1. The molecule has 0 radical (unpaired) electrons. The van der Waals surface area contributed by atoms with Crippen LogP contribution in [0, 0.1) is 5.92 Å². The normalized spacial score (nSPS) is 39.5. The van der Waals surface area contributed by atoms with Gasteiger partial charge in [-0.15, -0.1) is 0 Å². The third-order valence-electron chi connectivity index (χ3n) is 2.24. The number of hydrogen-bond donors (Lipinski definition) is 1. The lowest BCUT2D eigenvalue weighted by atomic mass is 10.0. The molecule has 1 N–H and O–H groups in total. The second-order valence-corrected chi connectivity index (χ2v) is 2.95. The first-order valence-electron chi connectivity index (χ1n) is 3.90. The molecule has 3 unspecified atom stereocenters. The fourth-order valence-electron chi connectivity index (χ4n) is 1.68. The number of carbonyl (C=O) groups is 1. The Labute approximate surface area is 69.2 Å². The molecule has 0 saturated carbocycles. The number of carboxylic acid groups (broad SMARTS) is 1. The third-order valence-corrected chi connectivity index (χ3v) is 2.24. The summed E-state index contributed by atoms with van der Waals surface area (Å²) >= 11 is 0. The summed E-state index contributed by atoms with van der Waals surface area (Å²) in [5.41, 5.74) is 0. The minimum Gasteiger partial charge on any atom is -0.450 e. The summed E-state index contributed by atoms with van der Waals surface area (Å²) in [4.78, 5) is 10.2. The summed E-state index contributed by atoms with van der Waals surface area (Å²) < 4.78 is 15.0. The van der Waals surface area contributed by atoms with Crippen molar-refractivity contribution < 1.29 is 24.1 Å². The molecule has 0 aliphatic carbocycles. The van der Waals surface area contributed by atoms with Crippen LogP contribution in [0.25, 0.3) is 0 Å². The van der Waals surface area contributed by atoms with Gasteiger partial charge in [0.1, 0.15) is 6.10 Å². The zero-order chi connectivity index (χ0) is 8.55. The molecule has 2 saturated heterocycles. The molecule has 0 aromatic carbocycles. The molecule has 5 nitrogen and oxygen atoms in total. The Morgan fingerprint density at radius 1 is 1.50 bits per heavy atom. The molecule has 2 heterocycles. The molecule has 2 fully saturated rings. The van der Waals surface area contributed by atoms with E-state index in [0.717, 1.165) is 6.42 Å². The molecule has 0 aromatic rings. The van der Waals surface area contributed by atoms with Gasteiger partial charge in [0.15, 0.2) is 6.29 Å². The van der Waals surface area contributed by atoms with E-state index in [9.17, 15) is 4.79 Å². The van der Waals surface area contributed by atoms with Crippen molar-refractivity contribution in [3.8, 4) is 0 Å². The van der Waals surface area contributed by atoms with Crippen molar-refractivity contribution >= 4 is 6.16 Å². The van der Waals surface area contributed by atoms with Crippen LogP contribution in [-0.4, -0.2) is 36.9 Å². The van der Waals surface area contributed by atoms with Gasteiger partial charge in [0.05, 0.1) is 19.1 Å². The summed E-state index contributed by atoms with van der Waals surface area (Å²) in [5.74, 6) is 0.0982.